The van der Waals surface area contributed by atoms with Crippen molar-refractivity contribution in [2.75, 3.05) is 29.9 Å². The van der Waals surface area contributed by atoms with Gasteiger partial charge in [0.05, 0.1) is 5.69 Å². The highest BCUT2D eigenvalue weighted by molar-refractivity contribution is 5.54. The second-order valence-corrected chi connectivity index (χ2v) is 4.59. The van der Waals surface area contributed by atoms with Gasteiger partial charge >= 0.3 is 0 Å². The van der Waals surface area contributed by atoms with Crippen LogP contribution in [0.1, 0.15) is 19.8 Å². The third-order valence-electron chi connectivity index (χ3n) is 3.19. The van der Waals surface area contributed by atoms with Crippen LogP contribution in [-0.4, -0.2) is 39.6 Å². The van der Waals surface area contributed by atoms with Crippen LogP contribution in [0.25, 0.3) is 11.5 Å². The molecule has 0 saturated carbocycles. The predicted octanol–water partition coefficient (Wildman–Crippen LogP) is 1.90. The van der Waals surface area contributed by atoms with E-state index in [1.165, 1.54) is 12.8 Å². The Labute approximate surface area is 112 Å². The number of nitrogens with zero attached hydrogens (tertiary/aromatic N) is 4. The summed E-state index contributed by atoms with van der Waals surface area (Å²) in [7, 11) is 0. The highest BCUT2D eigenvalue weighted by Gasteiger charge is 2.17. The van der Waals surface area contributed by atoms with E-state index in [0.29, 0.717) is 11.8 Å². The van der Waals surface area contributed by atoms with Crippen LogP contribution in [0, 0.1) is 0 Å². The third kappa shape index (κ3) is 2.52. The van der Waals surface area contributed by atoms with Crippen LogP contribution in [0.3, 0.4) is 0 Å². The molecule has 0 spiro atoms. The third-order valence-corrected chi connectivity index (χ3v) is 3.19. The van der Waals surface area contributed by atoms with Crippen LogP contribution >= 0.6 is 0 Å². The van der Waals surface area contributed by atoms with Crippen molar-refractivity contribution in [2.24, 2.45) is 0 Å². The van der Waals surface area contributed by atoms with Crippen LogP contribution in [0.15, 0.2) is 18.3 Å². The molecule has 0 amide bonds. The Morgan fingerprint density at radius 1 is 1.26 bits per heavy atom. The molecule has 2 aromatic heterocycles. The summed E-state index contributed by atoms with van der Waals surface area (Å²) in [6.07, 6.45) is 4.29. The molecular weight excluding hydrogens is 240 g/mol. The van der Waals surface area contributed by atoms with E-state index in [9.17, 15) is 0 Å². The molecule has 0 unspecified atom stereocenters. The Morgan fingerprint density at radius 3 is 2.79 bits per heavy atom. The Kier molecular flexibility index (Phi) is 3.31. The quantitative estimate of drug-likeness (QED) is 0.876. The second-order valence-electron chi connectivity index (χ2n) is 4.59. The van der Waals surface area contributed by atoms with E-state index >= 15 is 0 Å². The van der Waals surface area contributed by atoms with Gasteiger partial charge in [-0.1, -0.05) is 0 Å². The fourth-order valence-corrected chi connectivity index (χ4v) is 2.25. The lowest BCUT2D eigenvalue weighted by Crippen LogP contribution is -2.22. The molecule has 6 heteroatoms. The highest BCUT2D eigenvalue weighted by atomic mass is 15.3. The van der Waals surface area contributed by atoms with Gasteiger partial charge in [-0.05, 0) is 31.9 Å². The number of hydrogen-bond acceptors (Lipinski definition) is 5. The first-order valence-electron chi connectivity index (χ1n) is 6.75. The summed E-state index contributed by atoms with van der Waals surface area (Å²) in [6.45, 7) is 4.89. The molecule has 3 rings (SSSR count). The molecule has 0 radical (unpaired) electrons. The summed E-state index contributed by atoms with van der Waals surface area (Å²) in [6, 6.07) is 3.92. The number of nitrogens with one attached hydrogen (secondary N) is 2. The van der Waals surface area contributed by atoms with Crippen molar-refractivity contribution >= 4 is 11.9 Å². The average Bonchev–Trinajstić information content (AvgIpc) is 3.12. The molecule has 0 aliphatic carbocycles. The van der Waals surface area contributed by atoms with Crippen molar-refractivity contribution in [2.45, 2.75) is 19.8 Å². The van der Waals surface area contributed by atoms with Crippen molar-refractivity contribution in [3.63, 3.8) is 0 Å². The number of hydrogen-bond donors (Lipinski definition) is 2. The van der Waals surface area contributed by atoms with Crippen LogP contribution in [0.2, 0.25) is 0 Å². The van der Waals surface area contributed by atoms with E-state index in [1.807, 2.05) is 25.3 Å². The largest absolute Gasteiger partial charge is 0.359 e. The molecule has 1 fully saturated rings. The summed E-state index contributed by atoms with van der Waals surface area (Å²) in [5.41, 5.74) is 0.919. The number of aromatic nitrogens is 4. The SMILES string of the molecule is CCNc1nc(-c2ccc[nH]2)nc(N2CCCC2)n1. The van der Waals surface area contributed by atoms with Crippen LogP contribution in [-0.2, 0) is 0 Å². The van der Waals surface area contributed by atoms with E-state index in [0.717, 1.165) is 31.3 Å². The Bertz CT molecular complexity index is 530. The number of anilines is 2. The van der Waals surface area contributed by atoms with E-state index < -0.39 is 0 Å². The number of H-pyrrole nitrogens is 1. The zero-order valence-corrected chi connectivity index (χ0v) is 11.1. The van der Waals surface area contributed by atoms with E-state index in [-0.39, 0.29) is 0 Å². The molecule has 19 heavy (non-hydrogen) atoms. The van der Waals surface area contributed by atoms with Gasteiger partial charge in [-0.15, -0.1) is 0 Å². The first-order chi connectivity index (χ1) is 9.36. The second kappa shape index (κ2) is 5.26. The van der Waals surface area contributed by atoms with Gasteiger partial charge < -0.3 is 15.2 Å². The molecule has 1 aliphatic heterocycles. The Balaban J connectivity index is 1.98. The number of aromatic amines is 1. The van der Waals surface area contributed by atoms with E-state index in [2.05, 4.69) is 30.2 Å². The molecule has 1 aliphatic rings. The fraction of sp³-hybridized carbons (Fsp3) is 0.462. The summed E-state index contributed by atoms with van der Waals surface area (Å²) in [5, 5.41) is 3.17. The molecule has 0 atom stereocenters. The molecule has 6 nitrogen and oxygen atoms in total. The van der Waals surface area contributed by atoms with Crippen molar-refractivity contribution in [1.29, 1.82) is 0 Å². The van der Waals surface area contributed by atoms with Crippen LogP contribution < -0.4 is 10.2 Å². The minimum atomic E-state index is 0.643. The monoisotopic (exact) mass is 258 g/mol. The van der Waals surface area contributed by atoms with Crippen molar-refractivity contribution in [3.8, 4) is 11.5 Å². The fourth-order valence-electron chi connectivity index (χ4n) is 2.25. The highest BCUT2D eigenvalue weighted by Crippen LogP contribution is 2.21. The van der Waals surface area contributed by atoms with Gasteiger partial charge in [0.2, 0.25) is 11.9 Å². The van der Waals surface area contributed by atoms with Gasteiger partial charge in [0.15, 0.2) is 5.82 Å². The lowest BCUT2D eigenvalue weighted by Gasteiger charge is -2.16. The maximum absolute atomic E-state index is 4.57. The van der Waals surface area contributed by atoms with Crippen molar-refractivity contribution < 1.29 is 0 Å². The normalized spacial score (nSPS) is 14.9. The van der Waals surface area contributed by atoms with E-state index in [4.69, 9.17) is 0 Å². The van der Waals surface area contributed by atoms with Gasteiger partial charge in [-0.3, -0.25) is 0 Å². The molecule has 0 bridgehead atoms. The number of rotatable bonds is 4. The predicted molar refractivity (Wildman–Crippen MR) is 75.2 cm³/mol. The molecule has 100 valence electrons. The van der Waals surface area contributed by atoms with E-state index in [1.54, 1.807) is 0 Å². The molecule has 1 saturated heterocycles. The lowest BCUT2D eigenvalue weighted by atomic mass is 10.4. The topological polar surface area (TPSA) is 69.7 Å². The first-order valence-corrected chi connectivity index (χ1v) is 6.75. The van der Waals surface area contributed by atoms with Crippen LogP contribution in [0.5, 0.6) is 0 Å². The zero-order chi connectivity index (χ0) is 13.1. The van der Waals surface area contributed by atoms with Gasteiger partial charge in [0, 0.05) is 25.8 Å². The van der Waals surface area contributed by atoms with Gasteiger partial charge in [0.25, 0.3) is 0 Å². The minimum Gasteiger partial charge on any atom is -0.359 e. The summed E-state index contributed by atoms with van der Waals surface area (Å²) in [4.78, 5) is 18.9. The average molecular weight is 258 g/mol. The first kappa shape index (κ1) is 12.0. The standard InChI is InChI=1S/C13H18N6/c1-2-14-12-16-11(10-6-5-7-15-10)17-13(18-12)19-8-3-4-9-19/h5-7,15H,2-4,8-9H2,1H3,(H,14,16,17,18). The Hall–Kier alpha value is -2.11. The molecule has 2 N–H and O–H groups in total. The molecule has 0 aromatic carbocycles. The van der Waals surface area contributed by atoms with Gasteiger partial charge in [-0.25, -0.2) is 0 Å². The summed E-state index contributed by atoms with van der Waals surface area (Å²) >= 11 is 0. The van der Waals surface area contributed by atoms with Gasteiger partial charge in [0.1, 0.15) is 0 Å². The zero-order valence-electron chi connectivity index (χ0n) is 11.1. The lowest BCUT2D eigenvalue weighted by molar-refractivity contribution is 0.880. The van der Waals surface area contributed by atoms with Crippen molar-refractivity contribution in [1.82, 2.24) is 19.9 Å². The molecule has 3 heterocycles. The van der Waals surface area contributed by atoms with Crippen LogP contribution in [0.4, 0.5) is 11.9 Å². The smallest absolute Gasteiger partial charge is 0.230 e. The van der Waals surface area contributed by atoms with Gasteiger partial charge in [-0.2, -0.15) is 15.0 Å². The Morgan fingerprint density at radius 2 is 2.11 bits per heavy atom. The minimum absolute atomic E-state index is 0.643. The van der Waals surface area contributed by atoms with Crippen molar-refractivity contribution in [3.05, 3.63) is 18.3 Å². The maximum atomic E-state index is 4.57. The summed E-state index contributed by atoms with van der Waals surface area (Å²) < 4.78 is 0. The molecular formula is C13H18N6. The molecule has 2 aromatic rings. The maximum Gasteiger partial charge on any atom is 0.230 e. The summed E-state index contributed by atoms with van der Waals surface area (Å²) in [5.74, 6) is 2.11.